The lowest BCUT2D eigenvalue weighted by Gasteiger charge is -2.21. The number of rotatable bonds is 7. The molecule has 2 N–H and O–H groups in total. The van der Waals surface area contributed by atoms with E-state index in [9.17, 15) is 0 Å². The molecule has 1 aliphatic rings. The molecule has 1 saturated heterocycles. The van der Waals surface area contributed by atoms with Gasteiger partial charge < -0.3 is 19.9 Å². The standard InChI is InChI=1S/C15H21NO3S/c16-15(20)13-1-3-14(4-2-13)19-10-9-18-11-12-5-7-17-8-6-12/h1-4,12H,5-11H2,(H2,16,20). The molecule has 110 valence electrons. The van der Waals surface area contributed by atoms with E-state index in [1.54, 1.807) is 0 Å². The van der Waals surface area contributed by atoms with Gasteiger partial charge in [-0.15, -0.1) is 0 Å². The third-order valence-corrected chi connectivity index (χ3v) is 3.57. The highest BCUT2D eigenvalue weighted by molar-refractivity contribution is 7.80. The van der Waals surface area contributed by atoms with E-state index in [-0.39, 0.29) is 0 Å². The Morgan fingerprint density at radius 3 is 2.55 bits per heavy atom. The number of nitrogens with two attached hydrogens (primary N) is 1. The average Bonchev–Trinajstić information content (AvgIpc) is 2.48. The van der Waals surface area contributed by atoms with Crippen LogP contribution in [0.2, 0.25) is 0 Å². The lowest BCUT2D eigenvalue weighted by Crippen LogP contribution is -2.21. The molecule has 0 saturated carbocycles. The second-order valence-electron chi connectivity index (χ2n) is 4.87. The van der Waals surface area contributed by atoms with Gasteiger partial charge in [0.15, 0.2) is 0 Å². The average molecular weight is 295 g/mol. The van der Waals surface area contributed by atoms with Gasteiger partial charge in [0, 0.05) is 25.4 Å². The summed E-state index contributed by atoms with van der Waals surface area (Å²) in [5.41, 5.74) is 6.39. The third-order valence-electron chi connectivity index (χ3n) is 3.33. The Morgan fingerprint density at radius 1 is 1.20 bits per heavy atom. The largest absolute Gasteiger partial charge is 0.491 e. The van der Waals surface area contributed by atoms with Crippen LogP contribution in [-0.4, -0.2) is 38.0 Å². The summed E-state index contributed by atoms with van der Waals surface area (Å²) in [6.07, 6.45) is 2.20. The summed E-state index contributed by atoms with van der Waals surface area (Å²) in [6.45, 7) is 3.68. The van der Waals surface area contributed by atoms with Gasteiger partial charge in [0.05, 0.1) is 6.61 Å². The highest BCUT2D eigenvalue weighted by Crippen LogP contribution is 2.15. The molecule has 4 nitrogen and oxygen atoms in total. The molecule has 0 radical (unpaired) electrons. The van der Waals surface area contributed by atoms with Gasteiger partial charge in [0.25, 0.3) is 0 Å². The smallest absolute Gasteiger partial charge is 0.119 e. The van der Waals surface area contributed by atoms with Gasteiger partial charge in [-0.1, -0.05) is 12.2 Å². The first-order valence-corrected chi connectivity index (χ1v) is 7.34. The van der Waals surface area contributed by atoms with Crippen LogP contribution >= 0.6 is 12.2 Å². The normalized spacial score (nSPS) is 16.0. The summed E-state index contributed by atoms with van der Waals surface area (Å²) in [5.74, 6) is 1.44. The molecule has 0 aromatic heterocycles. The molecule has 1 fully saturated rings. The molecule has 0 unspecified atom stereocenters. The maximum Gasteiger partial charge on any atom is 0.119 e. The zero-order valence-corrected chi connectivity index (χ0v) is 12.4. The van der Waals surface area contributed by atoms with Gasteiger partial charge in [-0.2, -0.15) is 0 Å². The van der Waals surface area contributed by atoms with E-state index in [1.807, 2.05) is 24.3 Å². The van der Waals surface area contributed by atoms with Crippen molar-refractivity contribution in [2.45, 2.75) is 12.8 Å². The van der Waals surface area contributed by atoms with Gasteiger partial charge in [0.2, 0.25) is 0 Å². The van der Waals surface area contributed by atoms with E-state index in [2.05, 4.69) is 0 Å². The number of ether oxygens (including phenoxy) is 3. The minimum atomic E-state index is 0.399. The van der Waals surface area contributed by atoms with Crippen molar-refractivity contribution in [3.05, 3.63) is 29.8 Å². The molecule has 0 amide bonds. The van der Waals surface area contributed by atoms with Crippen molar-refractivity contribution in [1.82, 2.24) is 0 Å². The van der Waals surface area contributed by atoms with Crippen molar-refractivity contribution in [2.24, 2.45) is 11.7 Å². The Kier molecular flexibility index (Phi) is 6.24. The first-order valence-electron chi connectivity index (χ1n) is 6.94. The van der Waals surface area contributed by atoms with E-state index < -0.39 is 0 Å². The van der Waals surface area contributed by atoms with E-state index >= 15 is 0 Å². The van der Waals surface area contributed by atoms with Crippen molar-refractivity contribution in [2.75, 3.05) is 33.0 Å². The van der Waals surface area contributed by atoms with Crippen LogP contribution in [0.15, 0.2) is 24.3 Å². The van der Waals surface area contributed by atoms with E-state index in [1.165, 1.54) is 0 Å². The molecule has 1 aromatic carbocycles. The fraction of sp³-hybridized carbons (Fsp3) is 0.533. The Labute approximate surface area is 125 Å². The molecular formula is C15H21NO3S. The molecule has 1 aliphatic heterocycles. The summed E-state index contributed by atoms with van der Waals surface area (Å²) in [7, 11) is 0. The molecule has 0 spiro atoms. The highest BCUT2D eigenvalue weighted by Gasteiger charge is 2.13. The number of hydrogen-bond acceptors (Lipinski definition) is 4. The predicted octanol–water partition coefficient (Wildman–Crippen LogP) is 2.14. The molecule has 1 aromatic rings. The summed E-state index contributed by atoms with van der Waals surface area (Å²) >= 11 is 4.90. The first kappa shape index (κ1) is 15.2. The van der Waals surface area contributed by atoms with Crippen LogP contribution in [0.1, 0.15) is 18.4 Å². The predicted molar refractivity (Wildman–Crippen MR) is 82.2 cm³/mol. The molecule has 0 atom stereocenters. The first-order chi connectivity index (χ1) is 9.75. The van der Waals surface area contributed by atoms with Gasteiger partial charge in [-0.25, -0.2) is 0 Å². The zero-order chi connectivity index (χ0) is 14.2. The second kappa shape index (κ2) is 8.19. The van der Waals surface area contributed by atoms with Gasteiger partial charge in [0.1, 0.15) is 17.3 Å². The van der Waals surface area contributed by atoms with Gasteiger partial charge >= 0.3 is 0 Å². The molecule has 2 rings (SSSR count). The van der Waals surface area contributed by atoms with Gasteiger partial charge in [-0.05, 0) is 43.0 Å². The molecule has 20 heavy (non-hydrogen) atoms. The number of hydrogen-bond donors (Lipinski definition) is 1. The molecule has 0 aliphatic carbocycles. The number of thiocarbonyl (C=S) groups is 1. The van der Waals surface area contributed by atoms with E-state index in [4.69, 9.17) is 32.2 Å². The topological polar surface area (TPSA) is 53.7 Å². The van der Waals surface area contributed by atoms with Crippen LogP contribution in [0.25, 0.3) is 0 Å². The van der Waals surface area contributed by atoms with Crippen molar-refractivity contribution in [1.29, 1.82) is 0 Å². The Hall–Kier alpha value is -1.17. The van der Waals surface area contributed by atoms with Crippen LogP contribution in [0, 0.1) is 5.92 Å². The quantitative estimate of drug-likeness (QED) is 0.617. The molecular weight excluding hydrogens is 274 g/mol. The summed E-state index contributed by atoms with van der Waals surface area (Å²) < 4.78 is 16.5. The van der Waals surface area contributed by atoms with Crippen LogP contribution in [-0.2, 0) is 9.47 Å². The fourth-order valence-corrected chi connectivity index (χ4v) is 2.23. The monoisotopic (exact) mass is 295 g/mol. The number of benzene rings is 1. The second-order valence-corrected chi connectivity index (χ2v) is 5.31. The van der Waals surface area contributed by atoms with Crippen molar-refractivity contribution in [3.63, 3.8) is 0 Å². The minimum Gasteiger partial charge on any atom is -0.491 e. The fourth-order valence-electron chi connectivity index (χ4n) is 2.10. The van der Waals surface area contributed by atoms with Crippen molar-refractivity contribution >= 4 is 17.2 Å². The summed E-state index contributed by atoms with van der Waals surface area (Å²) in [5, 5.41) is 0. The Morgan fingerprint density at radius 2 is 1.90 bits per heavy atom. The lowest BCUT2D eigenvalue weighted by atomic mass is 10.0. The van der Waals surface area contributed by atoms with Crippen LogP contribution in [0.3, 0.4) is 0 Å². The van der Waals surface area contributed by atoms with Crippen LogP contribution in [0.4, 0.5) is 0 Å². The molecule has 0 bridgehead atoms. The summed E-state index contributed by atoms with van der Waals surface area (Å²) in [4.78, 5) is 0.399. The van der Waals surface area contributed by atoms with Crippen molar-refractivity contribution in [3.8, 4) is 5.75 Å². The van der Waals surface area contributed by atoms with Crippen LogP contribution in [0.5, 0.6) is 5.75 Å². The summed E-state index contributed by atoms with van der Waals surface area (Å²) in [6, 6.07) is 7.46. The van der Waals surface area contributed by atoms with Crippen LogP contribution < -0.4 is 10.5 Å². The SMILES string of the molecule is NC(=S)c1ccc(OCCOCC2CCOCC2)cc1. The van der Waals surface area contributed by atoms with Crippen molar-refractivity contribution < 1.29 is 14.2 Å². The third kappa shape index (κ3) is 5.07. The maximum absolute atomic E-state index is 5.64. The maximum atomic E-state index is 5.64. The Balaban J connectivity index is 1.59. The van der Waals surface area contributed by atoms with E-state index in [0.29, 0.717) is 24.1 Å². The molecule has 1 heterocycles. The Bertz CT molecular complexity index is 416. The lowest BCUT2D eigenvalue weighted by molar-refractivity contribution is 0.0139. The highest BCUT2D eigenvalue weighted by atomic mass is 32.1. The van der Waals surface area contributed by atoms with E-state index in [0.717, 1.165) is 44.0 Å². The van der Waals surface area contributed by atoms with Gasteiger partial charge in [-0.3, -0.25) is 0 Å². The zero-order valence-electron chi connectivity index (χ0n) is 11.5. The minimum absolute atomic E-state index is 0.399. The molecule has 5 heteroatoms.